The molecule has 7 heteroatoms. The molecule has 5 N–H and O–H groups in total. The van der Waals surface area contributed by atoms with E-state index in [0.717, 1.165) is 5.03 Å². The molecule has 2 aromatic rings. The Bertz CT molecular complexity index is 555. The van der Waals surface area contributed by atoms with Gasteiger partial charge in [-0.15, -0.1) is 0 Å². The molecule has 2 aromatic heterocycles. The summed E-state index contributed by atoms with van der Waals surface area (Å²) in [6, 6.07) is 6.84. The lowest BCUT2D eigenvalue weighted by molar-refractivity contribution is 0.0924. The molecule has 0 unspecified atom stereocenters. The number of nitrogens with zero attached hydrogens (tertiary/aromatic N) is 1. The average molecular weight is 264 g/mol. The van der Waals surface area contributed by atoms with Gasteiger partial charge in [0.25, 0.3) is 0 Å². The van der Waals surface area contributed by atoms with Crippen LogP contribution in [-0.4, -0.2) is 10.9 Å². The first-order chi connectivity index (χ1) is 8.70. The van der Waals surface area contributed by atoms with Gasteiger partial charge >= 0.3 is 5.91 Å². The van der Waals surface area contributed by atoms with Crippen molar-refractivity contribution in [1.29, 1.82) is 0 Å². The highest BCUT2D eigenvalue weighted by atomic mass is 32.2. The zero-order valence-corrected chi connectivity index (χ0v) is 10.2. The van der Waals surface area contributed by atoms with Gasteiger partial charge in [-0.05, 0) is 24.3 Å². The normalized spacial score (nSPS) is 10.3. The van der Waals surface area contributed by atoms with Crippen molar-refractivity contribution in [2.24, 2.45) is 5.84 Å². The van der Waals surface area contributed by atoms with Gasteiger partial charge in [0.1, 0.15) is 10.8 Å². The molecule has 0 bridgehead atoms. The van der Waals surface area contributed by atoms with Crippen molar-refractivity contribution in [3.05, 3.63) is 42.0 Å². The summed E-state index contributed by atoms with van der Waals surface area (Å²) in [5, 5.41) is 0.735. The molecular formula is C11H12N4O2S. The zero-order chi connectivity index (χ0) is 13.0. The fraction of sp³-hybridized carbons (Fsp3) is 0.0909. The van der Waals surface area contributed by atoms with Crippen molar-refractivity contribution in [2.75, 3.05) is 5.73 Å². The standard InChI is InChI=1S/C11H12N4O2S/c12-8-2-1-5-14-11(8)18-6-7-3-4-9(17-7)10(16)15-13/h1-5H,6,12-13H2,(H,15,16). The number of hydrogen-bond donors (Lipinski definition) is 3. The number of amides is 1. The quantitative estimate of drug-likeness (QED) is 0.331. The number of rotatable bonds is 4. The monoisotopic (exact) mass is 264 g/mol. The molecule has 0 aromatic carbocycles. The van der Waals surface area contributed by atoms with Crippen LogP contribution in [0.1, 0.15) is 16.3 Å². The minimum Gasteiger partial charge on any atom is -0.455 e. The average Bonchev–Trinajstić information content (AvgIpc) is 2.86. The Balaban J connectivity index is 2.01. The largest absolute Gasteiger partial charge is 0.455 e. The van der Waals surface area contributed by atoms with Crippen molar-refractivity contribution < 1.29 is 9.21 Å². The van der Waals surface area contributed by atoms with E-state index in [4.69, 9.17) is 16.0 Å². The Kier molecular flexibility index (Phi) is 3.85. The van der Waals surface area contributed by atoms with Crippen LogP contribution >= 0.6 is 11.8 Å². The molecule has 0 saturated heterocycles. The number of thioether (sulfide) groups is 1. The molecule has 0 saturated carbocycles. The van der Waals surface area contributed by atoms with Crippen LogP contribution in [0.5, 0.6) is 0 Å². The molecule has 0 atom stereocenters. The van der Waals surface area contributed by atoms with Gasteiger partial charge < -0.3 is 10.2 Å². The molecule has 94 valence electrons. The summed E-state index contributed by atoms with van der Waals surface area (Å²) in [6.07, 6.45) is 1.67. The molecule has 0 aliphatic carbocycles. The number of aromatic nitrogens is 1. The van der Waals surface area contributed by atoms with Gasteiger partial charge in [0.15, 0.2) is 5.76 Å². The second-order valence-corrected chi connectivity index (χ2v) is 4.39. The van der Waals surface area contributed by atoms with Gasteiger partial charge in [-0.3, -0.25) is 10.2 Å². The number of furan rings is 1. The van der Waals surface area contributed by atoms with E-state index in [0.29, 0.717) is 17.2 Å². The predicted molar refractivity (Wildman–Crippen MR) is 68.6 cm³/mol. The van der Waals surface area contributed by atoms with Crippen molar-refractivity contribution in [3.8, 4) is 0 Å². The maximum absolute atomic E-state index is 11.2. The molecule has 0 radical (unpaired) electrons. The number of nitrogen functional groups attached to an aromatic ring is 2. The third kappa shape index (κ3) is 2.82. The Morgan fingerprint density at radius 2 is 2.28 bits per heavy atom. The molecule has 0 fully saturated rings. The fourth-order valence-corrected chi connectivity index (χ4v) is 2.12. The molecule has 2 rings (SSSR count). The van der Waals surface area contributed by atoms with Crippen LogP contribution < -0.4 is 17.0 Å². The van der Waals surface area contributed by atoms with Crippen LogP contribution in [0.15, 0.2) is 39.9 Å². The molecule has 2 heterocycles. The molecule has 6 nitrogen and oxygen atoms in total. The van der Waals surface area contributed by atoms with Gasteiger partial charge in [-0.1, -0.05) is 11.8 Å². The minimum absolute atomic E-state index is 0.182. The number of pyridine rings is 1. The summed E-state index contributed by atoms with van der Waals surface area (Å²) in [5.41, 5.74) is 8.39. The van der Waals surface area contributed by atoms with Crippen LogP contribution in [0.4, 0.5) is 5.69 Å². The van der Waals surface area contributed by atoms with Gasteiger partial charge in [-0.25, -0.2) is 10.8 Å². The molecule has 1 amide bonds. The third-order valence-corrected chi connectivity index (χ3v) is 3.21. The van der Waals surface area contributed by atoms with E-state index in [1.165, 1.54) is 11.8 Å². The van der Waals surface area contributed by atoms with E-state index < -0.39 is 5.91 Å². The lowest BCUT2D eigenvalue weighted by atomic mass is 10.4. The lowest BCUT2D eigenvalue weighted by Crippen LogP contribution is -2.29. The molecule has 18 heavy (non-hydrogen) atoms. The Hall–Kier alpha value is -1.99. The number of anilines is 1. The van der Waals surface area contributed by atoms with Gasteiger partial charge in [0, 0.05) is 6.20 Å². The van der Waals surface area contributed by atoms with Crippen LogP contribution in [-0.2, 0) is 5.75 Å². The van der Waals surface area contributed by atoms with E-state index in [1.54, 1.807) is 30.5 Å². The van der Waals surface area contributed by atoms with Crippen molar-refractivity contribution >= 4 is 23.4 Å². The second-order valence-electron chi connectivity index (χ2n) is 3.43. The minimum atomic E-state index is -0.455. The van der Waals surface area contributed by atoms with Gasteiger partial charge in [0.05, 0.1) is 11.4 Å². The molecule has 0 aliphatic rings. The third-order valence-electron chi connectivity index (χ3n) is 2.17. The second kappa shape index (κ2) is 5.56. The Labute approximate surface area is 108 Å². The number of carbonyl (C=O) groups excluding carboxylic acids is 1. The number of hydrazine groups is 1. The van der Waals surface area contributed by atoms with E-state index in [1.807, 2.05) is 5.43 Å². The van der Waals surface area contributed by atoms with Crippen molar-refractivity contribution in [1.82, 2.24) is 10.4 Å². The number of hydrogen-bond acceptors (Lipinski definition) is 6. The fourth-order valence-electron chi connectivity index (χ4n) is 1.31. The van der Waals surface area contributed by atoms with E-state index in [9.17, 15) is 4.79 Å². The Morgan fingerprint density at radius 3 is 3.00 bits per heavy atom. The first kappa shape index (κ1) is 12.5. The molecular weight excluding hydrogens is 252 g/mol. The van der Waals surface area contributed by atoms with Crippen LogP contribution in [0.2, 0.25) is 0 Å². The number of nitrogens with one attached hydrogen (secondary N) is 1. The molecule has 0 spiro atoms. The first-order valence-corrected chi connectivity index (χ1v) is 6.12. The first-order valence-electron chi connectivity index (χ1n) is 5.13. The van der Waals surface area contributed by atoms with Gasteiger partial charge in [0.2, 0.25) is 0 Å². The summed E-state index contributed by atoms with van der Waals surface area (Å²) >= 11 is 1.44. The highest BCUT2D eigenvalue weighted by Gasteiger charge is 2.10. The Morgan fingerprint density at radius 1 is 1.44 bits per heavy atom. The number of nitrogens with two attached hydrogens (primary N) is 2. The smallest absolute Gasteiger partial charge is 0.300 e. The predicted octanol–water partition coefficient (Wildman–Crippen LogP) is 1.15. The van der Waals surface area contributed by atoms with E-state index >= 15 is 0 Å². The highest BCUT2D eigenvalue weighted by molar-refractivity contribution is 7.98. The SMILES string of the molecule is NNC(=O)c1ccc(CSc2ncccc2N)o1. The zero-order valence-electron chi connectivity index (χ0n) is 9.42. The lowest BCUT2D eigenvalue weighted by Gasteiger charge is -2.01. The van der Waals surface area contributed by atoms with Gasteiger partial charge in [-0.2, -0.15) is 0 Å². The van der Waals surface area contributed by atoms with Crippen molar-refractivity contribution in [3.63, 3.8) is 0 Å². The number of carbonyl (C=O) groups is 1. The van der Waals surface area contributed by atoms with Crippen LogP contribution in [0.3, 0.4) is 0 Å². The summed E-state index contributed by atoms with van der Waals surface area (Å²) in [5.74, 6) is 5.93. The summed E-state index contributed by atoms with van der Waals surface area (Å²) in [4.78, 5) is 15.3. The molecule has 0 aliphatic heterocycles. The summed E-state index contributed by atoms with van der Waals surface area (Å²) in [6.45, 7) is 0. The van der Waals surface area contributed by atoms with E-state index in [2.05, 4.69) is 4.98 Å². The summed E-state index contributed by atoms with van der Waals surface area (Å²) in [7, 11) is 0. The summed E-state index contributed by atoms with van der Waals surface area (Å²) < 4.78 is 5.32. The maximum Gasteiger partial charge on any atom is 0.300 e. The van der Waals surface area contributed by atoms with E-state index in [-0.39, 0.29) is 5.76 Å². The highest BCUT2D eigenvalue weighted by Crippen LogP contribution is 2.26. The topological polar surface area (TPSA) is 107 Å². The van der Waals surface area contributed by atoms with Crippen LogP contribution in [0, 0.1) is 0 Å². The van der Waals surface area contributed by atoms with Crippen molar-refractivity contribution in [2.45, 2.75) is 10.8 Å². The van der Waals surface area contributed by atoms with Crippen LogP contribution in [0.25, 0.3) is 0 Å². The maximum atomic E-state index is 11.2.